The standard InChI is InChI=1S/C33H70NO4P/c1-5-9-13-16-19-20-21-22-25-28-32-37-39(35,36)38-33(29-12-8-4)34(30-26-23-17-14-10-6-2)31-27-24-18-15-11-7-3/h33H,5-32H2,1-4H3,(H,35,36). The summed E-state index contributed by atoms with van der Waals surface area (Å²) in [5, 5.41) is 0. The molecule has 0 spiro atoms. The summed E-state index contributed by atoms with van der Waals surface area (Å²) in [6.45, 7) is 11.1. The highest BCUT2D eigenvalue weighted by molar-refractivity contribution is 7.47. The number of phosphoric acid groups is 1. The van der Waals surface area contributed by atoms with E-state index in [1.807, 2.05) is 0 Å². The lowest BCUT2D eigenvalue weighted by Gasteiger charge is -2.32. The van der Waals surface area contributed by atoms with Gasteiger partial charge in [-0.1, -0.05) is 156 Å². The molecule has 2 unspecified atom stereocenters. The van der Waals surface area contributed by atoms with Crippen molar-refractivity contribution in [2.45, 2.75) is 194 Å². The van der Waals surface area contributed by atoms with Gasteiger partial charge in [0.15, 0.2) is 0 Å². The summed E-state index contributed by atoms with van der Waals surface area (Å²) in [5.41, 5.74) is 0. The fraction of sp³-hybridized carbons (Fsp3) is 1.00. The zero-order valence-electron chi connectivity index (χ0n) is 26.9. The lowest BCUT2D eigenvalue weighted by Crippen LogP contribution is -2.38. The average molecular weight is 576 g/mol. The number of unbranched alkanes of at least 4 members (excludes halogenated alkanes) is 20. The Hall–Kier alpha value is 0.0700. The van der Waals surface area contributed by atoms with Crippen molar-refractivity contribution in [3.63, 3.8) is 0 Å². The third kappa shape index (κ3) is 26.7. The molecule has 0 rings (SSSR count). The minimum absolute atomic E-state index is 0.305. The lowest BCUT2D eigenvalue weighted by molar-refractivity contribution is -0.0133. The first-order valence-corrected chi connectivity index (χ1v) is 18.9. The Morgan fingerprint density at radius 3 is 1.31 bits per heavy atom. The summed E-state index contributed by atoms with van der Waals surface area (Å²) in [5.74, 6) is 0. The van der Waals surface area contributed by atoms with E-state index in [0.717, 1.165) is 58.0 Å². The third-order valence-electron chi connectivity index (χ3n) is 7.82. The summed E-state index contributed by atoms with van der Waals surface area (Å²) >= 11 is 0. The van der Waals surface area contributed by atoms with Crippen molar-refractivity contribution < 1.29 is 18.5 Å². The first-order chi connectivity index (χ1) is 19.0. The molecule has 1 N–H and O–H groups in total. The van der Waals surface area contributed by atoms with E-state index in [4.69, 9.17) is 9.05 Å². The Kier molecular flexibility index (Phi) is 29.6. The largest absolute Gasteiger partial charge is 0.473 e. The van der Waals surface area contributed by atoms with E-state index in [2.05, 4.69) is 32.6 Å². The maximum absolute atomic E-state index is 12.9. The molecule has 6 heteroatoms. The van der Waals surface area contributed by atoms with Gasteiger partial charge < -0.3 is 4.89 Å². The molecule has 39 heavy (non-hydrogen) atoms. The van der Waals surface area contributed by atoms with Crippen molar-refractivity contribution in [3.8, 4) is 0 Å². The lowest BCUT2D eigenvalue weighted by atomic mass is 10.1. The van der Waals surface area contributed by atoms with E-state index in [9.17, 15) is 9.46 Å². The second-order valence-corrected chi connectivity index (χ2v) is 13.2. The quantitative estimate of drug-likeness (QED) is 0.0491. The van der Waals surface area contributed by atoms with Crippen molar-refractivity contribution in [2.75, 3.05) is 19.7 Å². The molecule has 0 aromatic heterocycles. The highest BCUT2D eigenvalue weighted by Crippen LogP contribution is 2.46. The van der Waals surface area contributed by atoms with E-state index in [1.54, 1.807) is 0 Å². The van der Waals surface area contributed by atoms with E-state index >= 15 is 0 Å². The Labute approximate surface area is 245 Å². The predicted octanol–water partition coefficient (Wildman–Crippen LogP) is 11.6. The highest BCUT2D eigenvalue weighted by atomic mass is 31.2. The molecular formula is C33H70NO4P. The Balaban J connectivity index is 4.63. The van der Waals surface area contributed by atoms with Crippen LogP contribution in [0.25, 0.3) is 0 Å². The van der Waals surface area contributed by atoms with Gasteiger partial charge in [0, 0.05) is 13.1 Å². The number of hydrogen-bond acceptors (Lipinski definition) is 4. The smallest absolute Gasteiger partial charge is 0.302 e. The minimum atomic E-state index is -4.07. The summed E-state index contributed by atoms with van der Waals surface area (Å²) in [6.07, 6.45) is 29.8. The molecule has 0 amide bonds. The van der Waals surface area contributed by atoms with Crippen LogP contribution < -0.4 is 0 Å². The molecule has 0 aliphatic heterocycles. The molecule has 0 aromatic carbocycles. The van der Waals surface area contributed by atoms with Crippen LogP contribution in [0.1, 0.15) is 188 Å². The summed E-state index contributed by atoms with van der Waals surface area (Å²) in [4.78, 5) is 12.9. The maximum Gasteiger partial charge on any atom is 0.473 e. The highest BCUT2D eigenvalue weighted by Gasteiger charge is 2.29. The minimum Gasteiger partial charge on any atom is -0.302 e. The monoisotopic (exact) mass is 576 g/mol. The first-order valence-electron chi connectivity index (χ1n) is 17.4. The first kappa shape index (κ1) is 39.1. The third-order valence-corrected chi connectivity index (χ3v) is 8.84. The van der Waals surface area contributed by atoms with Crippen LogP contribution in [0.15, 0.2) is 0 Å². The number of phosphoric ester groups is 1. The second kappa shape index (κ2) is 29.6. The predicted molar refractivity (Wildman–Crippen MR) is 170 cm³/mol. The summed E-state index contributed by atoms with van der Waals surface area (Å²) < 4.78 is 24.3. The maximum atomic E-state index is 12.9. The van der Waals surface area contributed by atoms with Crippen LogP contribution in [0, 0.1) is 0 Å². The van der Waals surface area contributed by atoms with Gasteiger partial charge in [0.25, 0.3) is 0 Å². The van der Waals surface area contributed by atoms with Gasteiger partial charge in [0.2, 0.25) is 0 Å². The molecule has 0 radical (unpaired) electrons. The van der Waals surface area contributed by atoms with Gasteiger partial charge in [0.1, 0.15) is 6.23 Å². The van der Waals surface area contributed by atoms with Crippen molar-refractivity contribution in [2.24, 2.45) is 0 Å². The average Bonchev–Trinajstić information content (AvgIpc) is 2.92. The molecule has 0 heterocycles. The van der Waals surface area contributed by atoms with Crippen molar-refractivity contribution in [1.82, 2.24) is 4.90 Å². The van der Waals surface area contributed by atoms with Crippen molar-refractivity contribution >= 4 is 7.82 Å². The van der Waals surface area contributed by atoms with Gasteiger partial charge in [-0.05, 0) is 32.1 Å². The van der Waals surface area contributed by atoms with E-state index < -0.39 is 7.82 Å². The molecule has 0 saturated carbocycles. The fourth-order valence-corrected chi connectivity index (χ4v) is 6.19. The van der Waals surface area contributed by atoms with Crippen LogP contribution >= 0.6 is 7.82 Å². The summed E-state index contributed by atoms with van der Waals surface area (Å²) in [6, 6.07) is 0. The molecule has 2 atom stereocenters. The Morgan fingerprint density at radius 2 is 0.897 bits per heavy atom. The molecular weight excluding hydrogens is 505 g/mol. The second-order valence-electron chi connectivity index (χ2n) is 11.8. The van der Waals surface area contributed by atoms with Gasteiger partial charge in [-0.25, -0.2) is 4.57 Å². The van der Waals surface area contributed by atoms with Gasteiger partial charge in [-0.3, -0.25) is 13.9 Å². The SMILES string of the molecule is CCCCCCCCCCCCOP(=O)(O)OC(CCCC)N(CCCCCCCC)CCCCCCCC. The number of hydrogen-bond donors (Lipinski definition) is 1. The zero-order valence-corrected chi connectivity index (χ0v) is 27.8. The van der Waals surface area contributed by atoms with Crippen LogP contribution in [0.2, 0.25) is 0 Å². The number of rotatable bonds is 32. The van der Waals surface area contributed by atoms with Crippen LogP contribution in [0.3, 0.4) is 0 Å². The molecule has 0 aromatic rings. The molecule has 0 fully saturated rings. The van der Waals surface area contributed by atoms with Gasteiger partial charge in [-0.15, -0.1) is 0 Å². The topological polar surface area (TPSA) is 59.0 Å². The number of nitrogens with zero attached hydrogens (tertiary/aromatic N) is 1. The van der Waals surface area contributed by atoms with Gasteiger partial charge in [0.05, 0.1) is 6.61 Å². The normalized spacial score (nSPS) is 14.2. The Bertz CT molecular complexity index is 518. The van der Waals surface area contributed by atoms with Gasteiger partial charge >= 0.3 is 7.82 Å². The Morgan fingerprint density at radius 1 is 0.538 bits per heavy atom. The van der Waals surface area contributed by atoms with Crippen LogP contribution in [-0.2, 0) is 13.6 Å². The fourth-order valence-electron chi connectivity index (χ4n) is 5.22. The summed E-state index contributed by atoms with van der Waals surface area (Å²) in [7, 11) is -4.07. The van der Waals surface area contributed by atoms with Crippen LogP contribution in [-0.4, -0.2) is 35.7 Å². The van der Waals surface area contributed by atoms with E-state index in [1.165, 1.54) is 116 Å². The molecule has 236 valence electrons. The van der Waals surface area contributed by atoms with Crippen molar-refractivity contribution in [1.29, 1.82) is 0 Å². The van der Waals surface area contributed by atoms with Crippen LogP contribution in [0.4, 0.5) is 0 Å². The van der Waals surface area contributed by atoms with Crippen LogP contribution in [0.5, 0.6) is 0 Å². The van der Waals surface area contributed by atoms with E-state index in [0.29, 0.717) is 6.61 Å². The van der Waals surface area contributed by atoms with E-state index in [-0.39, 0.29) is 6.23 Å². The van der Waals surface area contributed by atoms with Gasteiger partial charge in [-0.2, -0.15) is 0 Å². The molecule has 0 bridgehead atoms. The molecule has 5 nitrogen and oxygen atoms in total. The molecule has 0 saturated heterocycles. The van der Waals surface area contributed by atoms with Crippen molar-refractivity contribution in [3.05, 3.63) is 0 Å². The molecule has 0 aliphatic rings. The molecule has 0 aliphatic carbocycles. The zero-order chi connectivity index (χ0) is 28.9.